The summed E-state index contributed by atoms with van der Waals surface area (Å²) in [4.78, 5) is 0. The van der Waals surface area contributed by atoms with E-state index in [1.54, 1.807) is 12.1 Å². The first kappa shape index (κ1) is 15.5. The van der Waals surface area contributed by atoms with Crippen LogP contribution in [0.4, 0.5) is 4.39 Å². The first-order valence-electron chi connectivity index (χ1n) is 6.44. The van der Waals surface area contributed by atoms with Gasteiger partial charge in [-0.15, -0.1) is 0 Å². The molecule has 2 aromatic carbocycles. The lowest BCUT2D eigenvalue weighted by molar-refractivity contribution is 0.589. The molecule has 1 nitrogen and oxygen atoms in total. The molecule has 0 saturated carbocycles. The Balaban J connectivity index is 2.37. The number of hydrogen-bond acceptors (Lipinski definition) is 1. The van der Waals surface area contributed by atoms with E-state index in [4.69, 9.17) is 11.6 Å². The molecule has 0 saturated heterocycles. The molecule has 0 bridgehead atoms. The molecule has 0 atom stereocenters. The molecule has 1 N–H and O–H groups in total. The van der Waals surface area contributed by atoms with E-state index in [1.165, 1.54) is 6.07 Å². The van der Waals surface area contributed by atoms with Crippen molar-refractivity contribution in [2.45, 2.75) is 26.4 Å². The molecule has 0 spiro atoms. The van der Waals surface area contributed by atoms with E-state index in [0.29, 0.717) is 23.2 Å². The number of benzene rings is 2. The molecule has 0 aliphatic rings. The smallest absolute Gasteiger partial charge is 0.131 e. The zero-order valence-corrected chi connectivity index (χ0v) is 13.7. The number of hydrogen-bond donors (Lipinski definition) is 1. The van der Waals surface area contributed by atoms with E-state index in [2.05, 4.69) is 35.1 Å². The SMILES string of the molecule is CC(C)NCc1cc(-c2cc(Br)ccc2F)ccc1Cl. The summed E-state index contributed by atoms with van der Waals surface area (Å²) in [5, 5.41) is 4.01. The third kappa shape index (κ3) is 3.81. The predicted octanol–water partition coefficient (Wildman–Crippen LogP) is 5.41. The maximum Gasteiger partial charge on any atom is 0.131 e. The molecular formula is C16H16BrClFN. The number of halogens is 3. The minimum atomic E-state index is -0.238. The Labute approximate surface area is 132 Å². The average molecular weight is 357 g/mol. The molecule has 20 heavy (non-hydrogen) atoms. The highest BCUT2D eigenvalue weighted by molar-refractivity contribution is 9.10. The maximum atomic E-state index is 13.9. The molecule has 0 radical (unpaired) electrons. The van der Waals surface area contributed by atoms with E-state index in [9.17, 15) is 4.39 Å². The van der Waals surface area contributed by atoms with Crippen LogP contribution in [0.15, 0.2) is 40.9 Å². The quantitative estimate of drug-likeness (QED) is 0.772. The highest BCUT2D eigenvalue weighted by Crippen LogP contribution is 2.29. The van der Waals surface area contributed by atoms with Gasteiger partial charge in [-0.3, -0.25) is 0 Å². The van der Waals surface area contributed by atoms with Crippen molar-refractivity contribution in [2.75, 3.05) is 0 Å². The van der Waals surface area contributed by atoms with Gasteiger partial charge in [0.1, 0.15) is 5.82 Å². The van der Waals surface area contributed by atoms with Crippen molar-refractivity contribution in [3.05, 3.63) is 57.3 Å². The van der Waals surface area contributed by atoms with Crippen molar-refractivity contribution in [3.63, 3.8) is 0 Å². The van der Waals surface area contributed by atoms with E-state index in [1.807, 2.05) is 18.2 Å². The Hall–Kier alpha value is -0.900. The van der Waals surface area contributed by atoms with Gasteiger partial charge in [-0.05, 0) is 41.5 Å². The molecule has 0 fully saturated rings. The first-order valence-corrected chi connectivity index (χ1v) is 7.61. The van der Waals surface area contributed by atoms with Crippen LogP contribution in [0.25, 0.3) is 11.1 Å². The minimum Gasteiger partial charge on any atom is -0.310 e. The molecule has 106 valence electrons. The van der Waals surface area contributed by atoms with E-state index < -0.39 is 0 Å². The lowest BCUT2D eigenvalue weighted by Gasteiger charge is -2.12. The molecule has 0 aliphatic heterocycles. The Morgan fingerprint density at radius 2 is 1.95 bits per heavy atom. The van der Waals surface area contributed by atoms with Crippen molar-refractivity contribution in [1.29, 1.82) is 0 Å². The number of rotatable bonds is 4. The second-order valence-corrected chi connectivity index (χ2v) is 6.29. The molecule has 0 aromatic heterocycles. The maximum absolute atomic E-state index is 13.9. The summed E-state index contributed by atoms with van der Waals surface area (Å²) in [7, 11) is 0. The fourth-order valence-electron chi connectivity index (χ4n) is 1.91. The summed E-state index contributed by atoms with van der Waals surface area (Å²) in [6.45, 7) is 4.82. The predicted molar refractivity (Wildman–Crippen MR) is 86.5 cm³/mol. The van der Waals surface area contributed by atoms with E-state index in [0.717, 1.165) is 15.6 Å². The first-order chi connectivity index (χ1) is 9.47. The van der Waals surface area contributed by atoms with Crippen LogP contribution in [-0.4, -0.2) is 6.04 Å². The van der Waals surface area contributed by atoms with Gasteiger partial charge in [-0.1, -0.05) is 47.4 Å². The van der Waals surface area contributed by atoms with Gasteiger partial charge in [0.25, 0.3) is 0 Å². The van der Waals surface area contributed by atoms with Crippen LogP contribution >= 0.6 is 27.5 Å². The van der Waals surface area contributed by atoms with Crippen LogP contribution in [0, 0.1) is 5.82 Å². The highest BCUT2D eigenvalue weighted by Gasteiger charge is 2.09. The zero-order chi connectivity index (χ0) is 14.7. The lowest BCUT2D eigenvalue weighted by atomic mass is 10.0. The van der Waals surface area contributed by atoms with Crippen LogP contribution < -0.4 is 5.32 Å². The minimum absolute atomic E-state index is 0.238. The van der Waals surface area contributed by atoms with Crippen molar-refractivity contribution in [2.24, 2.45) is 0 Å². The van der Waals surface area contributed by atoms with Crippen LogP contribution in [0.5, 0.6) is 0 Å². The second-order valence-electron chi connectivity index (χ2n) is 4.97. The van der Waals surface area contributed by atoms with E-state index >= 15 is 0 Å². The van der Waals surface area contributed by atoms with Gasteiger partial charge in [0, 0.05) is 27.6 Å². The van der Waals surface area contributed by atoms with Crippen molar-refractivity contribution < 1.29 is 4.39 Å². The molecule has 0 unspecified atom stereocenters. The normalized spacial score (nSPS) is 11.1. The molecule has 2 aromatic rings. The van der Waals surface area contributed by atoms with Crippen LogP contribution in [0.3, 0.4) is 0 Å². The third-order valence-corrected chi connectivity index (χ3v) is 3.85. The summed E-state index contributed by atoms with van der Waals surface area (Å²) in [5.74, 6) is -0.238. The second kappa shape index (κ2) is 6.70. The summed E-state index contributed by atoms with van der Waals surface area (Å²) in [6, 6.07) is 10.9. The monoisotopic (exact) mass is 355 g/mol. The topological polar surface area (TPSA) is 12.0 Å². The van der Waals surface area contributed by atoms with Gasteiger partial charge in [-0.25, -0.2) is 4.39 Å². The molecular weight excluding hydrogens is 341 g/mol. The Morgan fingerprint density at radius 1 is 1.20 bits per heavy atom. The van der Waals surface area contributed by atoms with Crippen molar-refractivity contribution in [1.82, 2.24) is 5.32 Å². The van der Waals surface area contributed by atoms with Gasteiger partial charge in [-0.2, -0.15) is 0 Å². The van der Waals surface area contributed by atoms with Gasteiger partial charge in [0.2, 0.25) is 0 Å². The van der Waals surface area contributed by atoms with Gasteiger partial charge in [0.15, 0.2) is 0 Å². The Kier molecular flexibility index (Phi) is 5.19. The molecule has 4 heteroatoms. The van der Waals surface area contributed by atoms with Gasteiger partial charge < -0.3 is 5.32 Å². The molecule has 2 rings (SSSR count). The highest BCUT2D eigenvalue weighted by atomic mass is 79.9. The summed E-state index contributed by atoms with van der Waals surface area (Å²) in [5.41, 5.74) is 2.37. The number of nitrogens with one attached hydrogen (secondary N) is 1. The standard InChI is InChI=1S/C16H16BrClFN/c1-10(2)20-9-12-7-11(3-5-15(12)18)14-8-13(17)4-6-16(14)19/h3-8,10,20H,9H2,1-2H3. The Bertz CT molecular complexity index is 613. The van der Waals surface area contributed by atoms with Crippen molar-refractivity contribution in [3.8, 4) is 11.1 Å². The van der Waals surface area contributed by atoms with Crippen LogP contribution in [-0.2, 0) is 6.54 Å². The average Bonchev–Trinajstić information content (AvgIpc) is 2.40. The summed E-state index contributed by atoms with van der Waals surface area (Å²) >= 11 is 9.57. The molecule has 0 amide bonds. The van der Waals surface area contributed by atoms with Gasteiger partial charge >= 0.3 is 0 Å². The summed E-state index contributed by atoms with van der Waals surface area (Å²) < 4.78 is 14.8. The fraction of sp³-hybridized carbons (Fsp3) is 0.250. The van der Waals surface area contributed by atoms with Crippen LogP contribution in [0.1, 0.15) is 19.4 Å². The largest absolute Gasteiger partial charge is 0.310 e. The Morgan fingerprint density at radius 3 is 2.65 bits per heavy atom. The van der Waals surface area contributed by atoms with Gasteiger partial charge in [0.05, 0.1) is 0 Å². The molecule has 0 aliphatic carbocycles. The van der Waals surface area contributed by atoms with E-state index in [-0.39, 0.29) is 5.82 Å². The lowest BCUT2D eigenvalue weighted by Crippen LogP contribution is -2.22. The summed E-state index contributed by atoms with van der Waals surface area (Å²) in [6.07, 6.45) is 0. The molecule has 0 heterocycles. The van der Waals surface area contributed by atoms with Crippen LogP contribution in [0.2, 0.25) is 5.02 Å². The zero-order valence-electron chi connectivity index (χ0n) is 11.4. The fourth-order valence-corrected chi connectivity index (χ4v) is 2.46. The third-order valence-electron chi connectivity index (χ3n) is 2.99. The van der Waals surface area contributed by atoms with Crippen molar-refractivity contribution >= 4 is 27.5 Å².